The van der Waals surface area contributed by atoms with Gasteiger partial charge in [-0.1, -0.05) is 25.5 Å². The largest absolute Gasteiger partial charge is 0.494 e. The number of hydrogen-bond donors (Lipinski definition) is 3. The van der Waals surface area contributed by atoms with Crippen LogP contribution in [-0.4, -0.2) is 27.0 Å². The summed E-state index contributed by atoms with van der Waals surface area (Å²) in [7, 11) is 0. The van der Waals surface area contributed by atoms with E-state index >= 15 is 0 Å². The average Bonchev–Trinajstić information content (AvgIpc) is 3.12. The lowest BCUT2D eigenvalue weighted by atomic mass is 10.00. The fourth-order valence-corrected chi connectivity index (χ4v) is 3.37. The van der Waals surface area contributed by atoms with Crippen molar-refractivity contribution in [1.29, 1.82) is 0 Å². The number of unbranched alkanes of at least 4 members (excludes halogenated alkanes) is 1. The summed E-state index contributed by atoms with van der Waals surface area (Å²) in [4.78, 5) is 15.1. The molecular formula is C19H24N4O3S. The average molecular weight is 388 g/mol. The molecule has 0 amide bonds. The van der Waals surface area contributed by atoms with Crippen molar-refractivity contribution in [2.45, 2.75) is 45.7 Å². The first kappa shape index (κ1) is 19.2. The molecule has 0 spiro atoms. The highest BCUT2D eigenvalue weighted by Crippen LogP contribution is 2.27. The maximum absolute atomic E-state index is 12.4. The van der Waals surface area contributed by atoms with Gasteiger partial charge in [-0.25, -0.2) is 0 Å². The van der Waals surface area contributed by atoms with E-state index in [1.807, 2.05) is 31.2 Å². The molecule has 0 fully saturated rings. The van der Waals surface area contributed by atoms with E-state index in [2.05, 4.69) is 22.4 Å². The van der Waals surface area contributed by atoms with Crippen LogP contribution in [0.4, 0.5) is 0 Å². The van der Waals surface area contributed by atoms with E-state index in [4.69, 9.17) is 17.0 Å². The second-order valence-electron chi connectivity index (χ2n) is 6.41. The van der Waals surface area contributed by atoms with Crippen molar-refractivity contribution in [3.05, 3.63) is 50.5 Å². The topological polar surface area (TPSA) is 91.6 Å². The van der Waals surface area contributed by atoms with Crippen LogP contribution in [0.5, 0.6) is 11.6 Å². The molecule has 8 heteroatoms. The highest BCUT2D eigenvalue weighted by atomic mass is 32.1. The number of aromatic hydroxyl groups is 1. The summed E-state index contributed by atoms with van der Waals surface area (Å²) in [6, 6.07) is 7.69. The van der Waals surface area contributed by atoms with Crippen LogP contribution < -0.4 is 15.7 Å². The number of aromatic nitrogens is 2. The molecule has 3 N–H and O–H groups in total. The van der Waals surface area contributed by atoms with Crippen LogP contribution in [0, 0.1) is 4.77 Å². The van der Waals surface area contributed by atoms with Gasteiger partial charge in [0.05, 0.1) is 18.4 Å². The van der Waals surface area contributed by atoms with Gasteiger partial charge < -0.3 is 15.3 Å². The van der Waals surface area contributed by atoms with Crippen molar-refractivity contribution < 1.29 is 9.84 Å². The van der Waals surface area contributed by atoms with Gasteiger partial charge in [0.25, 0.3) is 5.56 Å². The van der Waals surface area contributed by atoms with Crippen molar-refractivity contribution in [2.24, 2.45) is 5.10 Å². The highest BCUT2D eigenvalue weighted by molar-refractivity contribution is 7.71. The minimum absolute atomic E-state index is 0.0678. The molecule has 1 aromatic carbocycles. The number of H-pyrrole nitrogens is 1. The molecule has 1 atom stereocenters. The van der Waals surface area contributed by atoms with Gasteiger partial charge in [0.15, 0.2) is 4.77 Å². The van der Waals surface area contributed by atoms with Gasteiger partial charge in [-0.05, 0) is 43.3 Å². The first-order valence-electron chi connectivity index (χ1n) is 9.16. The number of ether oxygens (including phenoxy) is 1. The third-order valence-electron chi connectivity index (χ3n) is 4.54. The molecule has 0 aliphatic carbocycles. The zero-order valence-corrected chi connectivity index (χ0v) is 16.3. The smallest absolute Gasteiger partial charge is 0.264 e. The fourth-order valence-electron chi connectivity index (χ4n) is 3.10. The predicted octanol–water partition coefficient (Wildman–Crippen LogP) is 3.25. The quantitative estimate of drug-likeness (QED) is 0.633. The van der Waals surface area contributed by atoms with Crippen molar-refractivity contribution in [3.63, 3.8) is 0 Å². The molecule has 7 nitrogen and oxygen atoms in total. The monoisotopic (exact) mass is 388 g/mol. The number of benzene rings is 1. The number of hydrazone groups is 1. The van der Waals surface area contributed by atoms with Crippen LogP contribution in [0.2, 0.25) is 0 Å². The molecule has 1 aliphatic heterocycles. The summed E-state index contributed by atoms with van der Waals surface area (Å²) < 4.78 is 7.25. The number of hydrogen-bond acceptors (Lipinski definition) is 6. The van der Waals surface area contributed by atoms with Crippen LogP contribution in [0.15, 0.2) is 34.2 Å². The van der Waals surface area contributed by atoms with E-state index in [1.54, 1.807) is 4.57 Å². The SMILES string of the molecule is CCCCn1c(O)c(C2=NN[C@@H](c3ccc(OCC)cc3)C2)c(=O)[nH]c1=S. The first-order chi connectivity index (χ1) is 13.0. The van der Waals surface area contributed by atoms with Gasteiger partial charge in [-0.2, -0.15) is 5.10 Å². The molecule has 0 saturated carbocycles. The molecule has 0 radical (unpaired) electrons. The molecule has 2 heterocycles. The Labute approximate surface area is 162 Å². The van der Waals surface area contributed by atoms with E-state index in [9.17, 15) is 9.90 Å². The molecule has 0 unspecified atom stereocenters. The standard InChI is InChI=1S/C19H24N4O3S/c1-3-5-10-23-18(25)16(17(24)20-19(23)27)15-11-14(21-22-15)12-6-8-13(9-7-12)26-4-2/h6-9,14,21,25H,3-5,10-11H2,1-2H3,(H,20,24,27)/t14-/m1/s1. The van der Waals surface area contributed by atoms with Crippen LogP contribution in [-0.2, 0) is 6.54 Å². The Kier molecular flexibility index (Phi) is 5.95. The minimum atomic E-state index is -0.418. The van der Waals surface area contributed by atoms with E-state index in [-0.39, 0.29) is 22.3 Å². The van der Waals surface area contributed by atoms with Crippen LogP contribution in [0.3, 0.4) is 0 Å². The molecule has 3 rings (SSSR count). The van der Waals surface area contributed by atoms with Crippen molar-refractivity contribution >= 4 is 17.9 Å². The Balaban J connectivity index is 1.84. The van der Waals surface area contributed by atoms with E-state index in [0.29, 0.717) is 25.3 Å². The molecule has 27 heavy (non-hydrogen) atoms. The molecule has 0 bridgehead atoms. The summed E-state index contributed by atoms with van der Waals surface area (Å²) in [6.45, 7) is 5.16. The zero-order valence-electron chi connectivity index (χ0n) is 15.5. The minimum Gasteiger partial charge on any atom is -0.494 e. The van der Waals surface area contributed by atoms with Gasteiger partial charge >= 0.3 is 0 Å². The number of rotatable bonds is 7. The highest BCUT2D eigenvalue weighted by Gasteiger charge is 2.26. The van der Waals surface area contributed by atoms with Crippen LogP contribution >= 0.6 is 12.2 Å². The van der Waals surface area contributed by atoms with Crippen molar-refractivity contribution in [2.75, 3.05) is 6.61 Å². The molecule has 144 valence electrons. The van der Waals surface area contributed by atoms with Gasteiger partial charge in [0.2, 0.25) is 5.88 Å². The number of aromatic amines is 1. The first-order valence-corrected chi connectivity index (χ1v) is 9.57. The second kappa shape index (κ2) is 8.39. The summed E-state index contributed by atoms with van der Waals surface area (Å²) in [5, 5.41) is 14.9. The maximum Gasteiger partial charge on any atom is 0.264 e. The van der Waals surface area contributed by atoms with Crippen LogP contribution in [0.1, 0.15) is 50.3 Å². The van der Waals surface area contributed by atoms with E-state index < -0.39 is 5.56 Å². The lowest BCUT2D eigenvalue weighted by Gasteiger charge is -2.13. The third kappa shape index (κ3) is 4.05. The van der Waals surface area contributed by atoms with Gasteiger partial charge in [-0.3, -0.25) is 14.3 Å². The van der Waals surface area contributed by atoms with Gasteiger partial charge in [-0.15, -0.1) is 0 Å². The van der Waals surface area contributed by atoms with Crippen LogP contribution in [0.25, 0.3) is 0 Å². The fraction of sp³-hybridized carbons (Fsp3) is 0.421. The second-order valence-corrected chi connectivity index (χ2v) is 6.80. The lowest BCUT2D eigenvalue weighted by molar-refractivity contribution is 0.340. The zero-order chi connectivity index (χ0) is 19.4. The Morgan fingerprint density at radius 3 is 2.74 bits per heavy atom. The predicted molar refractivity (Wildman–Crippen MR) is 107 cm³/mol. The Bertz CT molecular complexity index is 947. The normalized spacial score (nSPS) is 16.1. The van der Waals surface area contributed by atoms with E-state index in [0.717, 1.165) is 24.2 Å². The molecule has 2 aromatic rings. The molecule has 0 saturated heterocycles. The summed E-state index contributed by atoms with van der Waals surface area (Å²) in [6.07, 6.45) is 2.31. The Morgan fingerprint density at radius 2 is 2.07 bits per heavy atom. The van der Waals surface area contributed by atoms with Crippen molar-refractivity contribution in [1.82, 2.24) is 15.0 Å². The van der Waals surface area contributed by atoms with Gasteiger partial charge in [0, 0.05) is 13.0 Å². The Morgan fingerprint density at radius 1 is 1.33 bits per heavy atom. The molecule has 1 aliphatic rings. The third-order valence-corrected chi connectivity index (χ3v) is 4.86. The van der Waals surface area contributed by atoms with Crippen molar-refractivity contribution in [3.8, 4) is 11.6 Å². The van der Waals surface area contributed by atoms with Gasteiger partial charge in [0.1, 0.15) is 11.3 Å². The number of nitrogens with zero attached hydrogens (tertiary/aromatic N) is 2. The summed E-state index contributed by atoms with van der Waals surface area (Å²) >= 11 is 5.19. The maximum atomic E-state index is 12.4. The molecular weight excluding hydrogens is 364 g/mol. The lowest BCUT2D eigenvalue weighted by Crippen LogP contribution is -2.22. The summed E-state index contributed by atoms with van der Waals surface area (Å²) in [5.74, 6) is 0.692. The number of nitrogens with one attached hydrogen (secondary N) is 2. The summed E-state index contributed by atoms with van der Waals surface area (Å²) in [5.41, 5.74) is 4.37. The van der Waals surface area contributed by atoms with E-state index in [1.165, 1.54) is 0 Å². The molecule has 1 aromatic heterocycles. The Hall–Kier alpha value is -2.61.